The molecule has 0 radical (unpaired) electrons. The molecule has 0 saturated carbocycles. The summed E-state index contributed by atoms with van der Waals surface area (Å²) >= 11 is 0. The van der Waals surface area contributed by atoms with Crippen LogP contribution in [0.3, 0.4) is 0 Å². The average Bonchev–Trinajstić information content (AvgIpc) is 2.99. The first-order valence-electron chi connectivity index (χ1n) is 7.57. The summed E-state index contributed by atoms with van der Waals surface area (Å²) in [6.45, 7) is 1.98. The molecule has 0 saturated heterocycles. The third kappa shape index (κ3) is 2.80. The summed E-state index contributed by atoms with van der Waals surface area (Å²) in [4.78, 5) is 12.3. The molecular formula is C19H18O4. The molecule has 4 heteroatoms. The minimum atomic E-state index is 0.0975. The fraction of sp³-hybridized carbons (Fsp3) is 0.211. The normalized spacial score (nSPS) is 10.9. The molecule has 0 aliphatic rings. The van der Waals surface area contributed by atoms with Gasteiger partial charge in [0, 0.05) is 17.4 Å². The fourth-order valence-corrected chi connectivity index (χ4v) is 2.64. The maximum Gasteiger partial charge on any atom is 0.163 e. The first-order chi connectivity index (χ1) is 11.1. The molecule has 3 rings (SSSR count). The van der Waals surface area contributed by atoms with E-state index in [0.29, 0.717) is 34.6 Å². The molecule has 0 atom stereocenters. The second-order valence-electron chi connectivity index (χ2n) is 5.38. The Labute approximate surface area is 134 Å². The molecule has 1 aromatic heterocycles. The molecule has 118 valence electrons. The van der Waals surface area contributed by atoms with E-state index in [4.69, 9.17) is 9.15 Å². The van der Waals surface area contributed by atoms with Crippen molar-refractivity contribution in [3.63, 3.8) is 0 Å². The zero-order chi connectivity index (χ0) is 16.4. The van der Waals surface area contributed by atoms with Gasteiger partial charge in [-0.2, -0.15) is 0 Å². The van der Waals surface area contributed by atoms with E-state index in [0.717, 1.165) is 11.8 Å². The molecule has 0 aliphatic heterocycles. The van der Waals surface area contributed by atoms with Gasteiger partial charge in [-0.15, -0.1) is 0 Å². The number of rotatable bonds is 5. The van der Waals surface area contributed by atoms with Crippen LogP contribution in [0.25, 0.3) is 22.3 Å². The smallest absolute Gasteiger partial charge is 0.163 e. The van der Waals surface area contributed by atoms with E-state index in [-0.39, 0.29) is 11.5 Å². The zero-order valence-electron chi connectivity index (χ0n) is 13.1. The highest BCUT2D eigenvalue weighted by atomic mass is 16.5. The number of benzene rings is 2. The molecular weight excluding hydrogens is 292 g/mol. The van der Waals surface area contributed by atoms with Crippen LogP contribution >= 0.6 is 0 Å². The first kappa shape index (κ1) is 15.2. The van der Waals surface area contributed by atoms with Gasteiger partial charge in [-0.05, 0) is 36.8 Å². The number of phenolic OH excluding ortho intramolecular Hbond substituents is 1. The van der Waals surface area contributed by atoms with E-state index in [1.54, 1.807) is 31.4 Å². The van der Waals surface area contributed by atoms with Crippen LogP contribution in [-0.4, -0.2) is 18.0 Å². The molecule has 1 N–H and O–H groups in total. The SMILES string of the molecule is CCCC(=O)c1cccc2oc(-c3cc(OC)ccc3O)cc12. The Bertz CT molecular complexity index is 861. The van der Waals surface area contributed by atoms with Gasteiger partial charge in [0.05, 0.1) is 12.7 Å². The summed E-state index contributed by atoms with van der Waals surface area (Å²) in [5, 5.41) is 10.9. The maximum absolute atomic E-state index is 12.3. The maximum atomic E-state index is 12.3. The topological polar surface area (TPSA) is 59.7 Å². The third-order valence-corrected chi connectivity index (χ3v) is 3.81. The van der Waals surface area contributed by atoms with Gasteiger partial charge < -0.3 is 14.3 Å². The lowest BCUT2D eigenvalue weighted by atomic mass is 10.0. The predicted molar refractivity (Wildman–Crippen MR) is 89.1 cm³/mol. The van der Waals surface area contributed by atoms with Gasteiger partial charge in [0.1, 0.15) is 22.8 Å². The van der Waals surface area contributed by atoms with Gasteiger partial charge in [0.25, 0.3) is 0 Å². The highest BCUT2D eigenvalue weighted by Crippen LogP contribution is 2.37. The second kappa shape index (κ2) is 6.16. The standard InChI is InChI=1S/C19H18O4/c1-3-5-16(20)13-6-4-7-18-14(13)11-19(23-18)15-10-12(22-2)8-9-17(15)21/h4,6-11,21H,3,5H2,1-2H3. The molecule has 3 aromatic rings. The van der Waals surface area contributed by atoms with Crippen LogP contribution in [-0.2, 0) is 0 Å². The first-order valence-corrected chi connectivity index (χ1v) is 7.57. The number of hydrogen-bond acceptors (Lipinski definition) is 4. The minimum Gasteiger partial charge on any atom is -0.507 e. The average molecular weight is 310 g/mol. The van der Waals surface area contributed by atoms with Crippen LogP contribution < -0.4 is 4.74 Å². The molecule has 1 heterocycles. The predicted octanol–water partition coefficient (Wildman–Crippen LogP) is 4.80. The molecule has 2 aromatic carbocycles. The summed E-state index contributed by atoms with van der Waals surface area (Å²) < 4.78 is 11.0. The lowest BCUT2D eigenvalue weighted by Gasteiger charge is -2.04. The van der Waals surface area contributed by atoms with Crippen LogP contribution in [0.15, 0.2) is 46.9 Å². The van der Waals surface area contributed by atoms with E-state index >= 15 is 0 Å². The highest BCUT2D eigenvalue weighted by molar-refractivity contribution is 6.08. The highest BCUT2D eigenvalue weighted by Gasteiger charge is 2.16. The van der Waals surface area contributed by atoms with Crippen molar-refractivity contribution in [2.45, 2.75) is 19.8 Å². The van der Waals surface area contributed by atoms with E-state index in [1.165, 1.54) is 0 Å². The number of ketones is 1. The lowest BCUT2D eigenvalue weighted by molar-refractivity contribution is 0.0983. The second-order valence-corrected chi connectivity index (χ2v) is 5.38. The fourth-order valence-electron chi connectivity index (χ4n) is 2.64. The van der Waals surface area contributed by atoms with Crippen molar-refractivity contribution in [1.29, 1.82) is 0 Å². The van der Waals surface area contributed by atoms with Crippen molar-refractivity contribution in [2.75, 3.05) is 7.11 Å². The number of furan rings is 1. The van der Waals surface area contributed by atoms with Crippen LogP contribution in [0.1, 0.15) is 30.1 Å². The number of fused-ring (bicyclic) bond motifs is 1. The molecule has 23 heavy (non-hydrogen) atoms. The van der Waals surface area contributed by atoms with Crippen LogP contribution in [0.2, 0.25) is 0 Å². The number of methoxy groups -OCH3 is 1. The Balaban J connectivity index is 2.14. The number of carbonyl (C=O) groups is 1. The van der Waals surface area contributed by atoms with E-state index in [1.807, 2.05) is 25.1 Å². The molecule has 4 nitrogen and oxygen atoms in total. The Morgan fingerprint density at radius 2 is 2.04 bits per heavy atom. The number of phenols is 1. The summed E-state index contributed by atoms with van der Waals surface area (Å²) in [6.07, 6.45) is 1.31. The minimum absolute atomic E-state index is 0.0975. The van der Waals surface area contributed by atoms with Crippen molar-refractivity contribution >= 4 is 16.8 Å². The van der Waals surface area contributed by atoms with Gasteiger partial charge in [-0.25, -0.2) is 0 Å². The monoisotopic (exact) mass is 310 g/mol. The van der Waals surface area contributed by atoms with E-state index in [9.17, 15) is 9.90 Å². The van der Waals surface area contributed by atoms with Crippen molar-refractivity contribution in [3.05, 3.63) is 48.0 Å². The Kier molecular flexibility index (Phi) is 4.06. The summed E-state index contributed by atoms with van der Waals surface area (Å²) in [7, 11) is 1.57. The number of Topliss-reactive ketones (excluding diaryl/α,β-unsaturated/α-hetero) is 1. The summed E-state index contributed by atoms with van der Waals surface area (Å²) in [6, 6.07) is 12.2. The van der Waals surface area contributed by atoms with Gasteiger partial charge >= 0.3 is 0 Å². The van der Waals surface area contributed by atoms with Crippen LogP contribution in [0.4, 0.5) is 0 Å². The van der Waals surface area contributed by atoms with Gasteiger partial charge in [-0.3, -0.25) is 4.79 Å². The van der Waals surface area contributed by atoms with Crippen molar-refractivity contribution < 1.29 is 19.1 Å². The quantitative estimate of drug-likeness (QED) is 0.688. The summed E-state index contributed by atoms with van der Waals surface area (Å²) in [5.74, 6) is 1.33. The van der Waals surface area contributed by atoms with Gasteiger partial charge in [-0.1, -0.05) is 19.1 Å². The van der Waals surface area contributed by atoms with Gasteiger partial charge in [0.15, 0.2) is 5.78 Å². The Morgan fingerprint density at radius 1 is 1.22 bits per heavy atom. The third-order valence-electron chi connectivity index (χ3n) is 3.81. The molecule has 0 fully saturated rings. The zero-order valence-corrected chi connectivity index (χ0v) is 13.1. The number of aromatic hydroxyl groups is 1. The molecule has 0 unspecified atom stereocenters. The molecule has 0 spiro atoms. The van der Waals surface area contributed by atoms with Crippen molar-refractivity contribution in [2.24, 2.45) is 0 Å². The Morgan fingerprint density at radius 3 is 2.78 bits per heavy atom. The molecule has 0 bridgehead atoms. The van der Waals surface area contributed by atoms with Crippen molar-refractivity contribution in [1.82, 2.24) is 0 Å². The van der Waals surface area contributed by atoms with Crippen LogP contribution in [0.5, 0.6) is 11.5 Å². The lowest BCUT2D eigenvalue weighted by Crippen LogP contribution is -1.97. The number of ether oxygens (including phenoxy) is 1. The number of carbonyl (C=O) groups excluding carboxylic acids is 1. The Hall–Kier alpha value is -2.75. The summed E-state index contributed by atoms with van der Waals surface area (Å²) in [5.41, 5.74) is 1.82. The van der Waals surface area contributed by atoms with Gasteiger partial charge in [0.2, 0.25) is 0 Å². The van der Waals surface area contributed by atoms with Crippen molar-refractivity contribution in [3.8, 4) is 22.8 Å². The molecule has 0 aliphatic carbocycles. The number of hydrogen-bond donors (Lipinski definition) is 1. The van der Waals surface area contributed by atoms with E-state index < -0.39 is 0 Å². The molecule has 0 amide bonds. The largest absolute Gasteiger partial charge is 0.507 e. The van der Waals surface area contributed by atoms with E-state index in [2.05, 4.69) is 0 Å². The van der Waals surface area contributed by atoms with Crippen LogP contribution in [0, 0.1) is 0 Å².